The number of aromatic amines is 1. The highest BCUT2D eigenvalue weighted by Gasteiger charge is 2.10. The SMILES string of the molecule is NCC(O)c1nc2ncccc2[nH]1. The molecule has 2 aromatic rings. The molecule has 4 N–H and O–H groups in total. The van der Waals surface area contributed by atoms with Gasteiger partial charge in [-0.2, -0.15) is 0 Å². The number of fused-ring (bicyclic) bond motifs is 1. The molecule has 0 aromatic carbocycles. The van der Waals surface area contributed by atoms with E-state index >= 15 is 0 Å². The molecule has 68 valence electrons. The Morgan fingerprint density at radius 3 is 3.15 bits per heavy atom. The summed E-state index contributed by atoms with van der Waals surface area (Å²) in [6, 6.07) is 3.65. The Bertz CT molecular complexity index is 378. The Morgan fingerprint density at radius 1 is 1.62 bits per heavy atom. The van der Waals surface area contributed by atoms with Crippen LogP contribution in [0.15, 0.2) is 18.3 Å². The van der Waals surface area contributed by atoms with E-state index in [1.165, 1.54) is 0 Å². The van der Waals surface area contributed by atoms with E-state index in [-0.39, 0.29) is 6.54 Å². The number of H-pyrrole nitrogens is 1. The maximum absolute atomic E-state index is 9.38. The highest BCUT2D eigenvalue weighted by Crippen LogP contribution is 2.12. The maximum atomic E-state index is 9.38. The zero-order valence-corrected chi connectivity index (χ0v) is 6.94. The fraction of sp³-hybridized carbons (Fsp3) is 0.250. The number of aliphatic hydroxyl groups excluding tert-OH is 1. The Kier molecular flexibility index (Phi) is 1.96. The van der Waals surface area contributed by atoms with Gasteiger partial charge in [-0.25, -0.2) is 9.97 Å². The third-order valence-electron chi connectivity index (χ3n) is 1.81. The van der Waals surface area contributed by atoms with Gasteiger partial charge in [-0.15, -0.1) is 0 Å². The molecule has 0 spiro atoms. The van der Waals surface area contributed by atoms with Gasteiger partial charge in [0.25, 0.3) is 0 Å². The van der Waals surface area contributed by atoms with E-state index in [0.717, 1.165) is 5.52 Å². The van der Waals surface area contributed by atoms with Gasteiger partial charge >= 0.3 is 0 Å². The summed E-state index contributed by atoms with van der Waals surface area (Å²) in [7, 11) is 0. The van der Waals surface area contributed by atoms with Crippen LogP contribution in [-0.2, 0) is 0 Å². The lowest BCUT2D eigenvalue weighted by Gasteiger charge is -2.00. The van der Waals surface area contributed by atoms with Crippen LogP contribution in [0.5, 0.6) is 0 Å². The molecule has 1 unspecified atom stereocenters. The predicted molar refractivity (Wildman–Crippen MR) is 47.9 cm³/mol. The number of imidazole rings is 1. The van der Waals surface area contributed by atoms with E-state index < -0.39 is 6.10 Å². The molecule has 0 radical (unpaired) electrons. The van der Waals surface area contributed by atoms with Gasteiger partial charge in [-0.1, -0.05) is 0 Å². The molecule has 0 aliphatic rings. The lowest BCUT2D eigenvalue weighted by atomic mass is 10.3. The average Bonchev–Trinajstić information content (AvgIpc) is 2.59. The number of nitrogens with zero attached hydrogens (tertiary/aromatic N) is 2. The van der Waals surface area contributed by atoms with E-state index in [2.05, 4.69) is 15.0 Å². The van der Waals surface area contributed by atoms with E-state index in [1.54, 1.807) is 12.3 Å². The molecule has 5 nitrogen and oxygen atoms in total. The summed E-state index contributed by atoms with van der Waals surface area (Å²) in [5.41, 5.74) is 6.71. The van der Waals surface area contributed by atoms with Gasteiger partial charge in [0.05, 0.1) is 5.52 Å². The summed E-state index contributed by atoms with van der Waals surface area (Å²) in [6.45, 7) is 0.153. The van der Waals surface area contributed by atoms with Gasteiger partial charge in [-0.05, 0) is 12.1 Å². The molecule has 0 bridgehead atoms. The molecule has 0 fully saturated rings. The van der Waals surface area contributed by atoms with Gasteiger partial charge in [0.15, 0.2) is 5.65 Å². The van der Waals surface area contributed by atoms with Gasteiger partial charge in [0.1, 0.15) is 11.9 Å². The molecule has 0 saturated carbocycles. The lowest BCUT2D eigenvalue weighted by Crippen LogP contribution is -2.12. The molecule has 1 atom stereocenters. The molecule has 13 heavy (non-hydrogen) atoms. The summed E-state index contributed by atoms with van der Waals surface area (Å²) in [5, 5.41) is 9.38. The Hall–Kier alpha value is -1.46. The standard InChI is InChI=1S/C8H10N4O/c9-4-6(13)8-11-5-2-1-3-10-7(5)12-8/h1-3,6,13H,4,9H2,(H,10,11,12). The molecular weight excluding hydrogens is 168 g/mol. The lowest BCUT2D eigenvalue weighted by molar-refractivity contribution is 0.178. The van der Waals surface area contributed by atoms with Crippen molar-refractivity contribution in [3.05, 3.63) is 24.2 Å². The van der Waals surface area contributed by atoms with Crippen molar-refractivity contribution in [2.75, 3.05) is 6.54 Å². The van der Waals surface area contributed by atoms with Gasteiger partial charge in [0.2, 0.25) is 0 Å². The van der Waals surface area contributed by atoms with Crippen molar-refractivity contribution < 1.29 is 5.11 Å². The summed E-state index contributed by atoms with van der Waals surface area (Å²) in [5.74, 6) is 0.469. The maximum Gasteiger partial charge on any atom is 0.177 e. The molecule has 5 heteroatoms. The van der Waals surface area contributed by atoms with Crippen LogP contribution in [0.4, 0.5) is 0 Å². The highest BCUT2D eigenvalue weighted by molar-refractivity contribution is 5.69. The number of aromatic nitrogens is 3. The second kappa shape index (κ2) is 3.12. The summed E-state index contributed by atoms with van der Waals surface area (Å²) < 4.78 is 0. The number of hydrogen-bond donors (Lipinski definition) is 3. The number of nitrogens with one attached hydrogen (secondary N) is 1. The van der Waals surface area contributed by atoms with Gasteiger partial charge in [-0.3, -0.25) is 0 Å². The minimum Gasteiger partial charge on any atom is -0.384 e. The van der Waals surface area contributed by atoms with Crippen molar-refractivity contribution in [3.8, 4) is 0 Å². The summed E-state index contributed by atoms with van der Waals surface area (Å²) in [4.78, 5) is 11.1. The van der Waals surface area contributed by atoms with Crippen molar-refractivity contribution in [3.63, 3.8) is 0 Å². The third-order valence-corrected chi connectivity index (χ3v) is 1.81. The smallest absolute Gasteiger partial charge is 0.177 e. The third kappa shape index (κ3) is 1.39. The Morgan fingerprint density at radius 2 is 2.46 bits per heavy atom. The van der Waals surface area contributed by atoms with E-state index in [9.17, 15) is 5.11 Å². The molecular formula is C8H10N4O. The largest absolute Gasteiger partial charge is 0.384 e. The quantitative estimate of drug-likeness (QED) is 0.601. The van der Waals surface area contributed by atoms with Crippen molar-refractivity contribution in [1.82, 2.24) is 15.0 Å². The first kappa shape index (κ1) is 8.15. The van der Waals surface area contributed by atoms with Crippen LogP contribution in [0.2, 0.25) is 0 Å². The van der Waals surface area contributed by atoms with Crippen LogP contribution >= 0.6 is 0 Å². The Labute approximate surface area is 74.6 Å². The number of aliphatic hydroxyl groups is 1. The fourth-order valence-corrected chi connectivity index (χ4v) is 1.13. The zero-order chi connectivity index (χ0) is 9.26. The van der Waals surface area contributed by atoms with Crippen LogP contribution in [0.25, 0.3) is 11.2 Å². The minimum absolute atomic E-state index is 0.153. The van der Waals surface area contributed by atoms with Crippen LogP contribution in [-0.4, -0.2) is 26.6 Å². The number of pyridine rings is 1. The van der Waals surface area contributed by atoms with Gasteiger partial charge < -0.3 is 15.8 Å². The first-order valence-electron chi connectivity index (χ1n) is 4.00. The molecule has 2 aromatic heterocycles. The molecule has 0 aliphatic heterocycles. The number of nitrogens with two attached hydrogens (primary N) is 1. The van der Waals surface area contributed by atoms with Crippen LogP contribution in [0.3, 0.4) is 0 Å². The Balaban J connectivity index is 2.49. The van der Waals surface area contributed by atoms with Gasteiger partial charge in [0, 0.05) is 12.7 Å². The van der Waals surface area contributed by atoms with E-state index in [4.69, 9.17) is 5.73 Å². The number of hydrogen-bond acceptors (Lipinski definition) is 4. The van der Waals surface area contributed by atoms with Crippen molar-refractivity contribution in [2.24, 2.45) is 5.73 Å². The summed E-state index contributed by atoms with van der Waals surface area (Å²) >= 11 is 0. The zero-order valence-electron chi connectivity index (χ0n) is 6.94. The molecule has 0 saturated heterocycles. The van der Waals surface area contributed by atoms with Crippen LogP contribution in [0, 0.1) is 0 Å². The first-order valence-corrected chi connectivity index (χ1v) is 4.00. The molecule has 0 aliphatic carbocycles. The van der Waals surface area contributed by atoms with Crippen LogP contribution < -0.4 is 5.73 Å². The molecule has 2 rings (SSSR count). The van der Waals surface area contributed by atoms with Crippen molar-refractivity contribution in [1.29, 1.82) is 0 Å². The normalized spacial score (nSPS) is 13.4. The topological polar surface area (TPSA) is 87.8 Å². The van der Waals surface area contributed by atoms with Crippen molar-refractivity contribution >= 4 is 11.2 Å². The van der Waals surface area contributed by atoms with E-state index in [0.29, 0.717) is 11.5 Å². The van der Waals surface area contributed by atoms with Crippen LogP contribution in [0.1, 0.15) is 11.9 Å². The van der Waals surface area contributed by atoms with E-state index in [1.807, 2.05) is 6.07 Å². The second-order valence-electron chi connectivity index (χ2n) is 2.75. The molecule has 2 heterocycles. The molecule has 0 amide bonds. The predicted octanol–water partition coefficient (Wildman–Crippen LogP) is -0.0500. The number of rotatable bonds is 2. The fourth-order valence-electron chi connectivity index (χ4n) is 1.13. The summed E-state index contributed by atoms with van der Waals surface area (Å²) in [6.07, 6.45) is 0.913. The van der Waals surface area contributed by atoms with Crippen molar-refractivity contribution in [2.45, 2.75) is 6.10 Å². The average molecular weight is 178 g/mol. The first-order chi connectivity index (χ1) is 6.31. The second-order valence-corrected chi connectivity index (χ2v) is 2.75. The highest BCUT2D eigenvalue weighted by atomic mass is 16.3. The monoisotopic (exact) mass is 178 g/mol. The minimum atomic E-state index is -0.741.